The van der Waals surface area contributed by atoms with Crippen LogP contribution in [0.25, 0.3) is 0 Å². The molecule has 126 valence electrons. The fourth-order valence-electron chi connectivity index (χ4n) is 3.99. The highest BCUT2D eigenvalue weighted by Crippen LogP contribution is 2.48. The van der Waals surface area contributed by atoms with Crippen LogP contribution >= 0.6 is 0 Å². The Labute approximate surface area is 149 Å². The van der Waals surface area contributed by atoms with Crippen LogP contribution in [0, 0.1) is 0 Å². The fourth-order valence-corrected chi connectivity index (χ4v) is 3.99. The highest BCUT2D eigenvalue weighted by atomic mass is 16.3. The van der Waals surface area contributed by atoms with Crippen LogP contribution in [0.15, 0.2) is 91.0 Å². The third kappa shape index (κ3) is 2.68. The second-order valence-electron chi connectivity index (χ2n) is 6.77. The predicted octanol–water partition coefficient (Wildman–Crippen LogP) is 4.04. The summed E-state index contributed by atoms with van der Waals surface area (Å²) in [6.07, 6.45) is -0.351. The van der Waals surface area contributed by atoms with E-state index in [0.717, 1.165) is 6.54 Å². The average molecular weight is 329 g/mol. The van der Waals surface area contributed by atoms with E-state index >= 15 is 0 Å². The van der Waals surface area contributed by atoms with Crippen molar-refractivity contribution in [2.24, 2.45) is 0 Å². The van der Waals surface area contributed by atoms with Crippen molar-refractivity contribution in [2.75, 3.05) is 6.54 Å². The third-order valence-electron chi connectivity index (χ3n) is 5.21. The molecule has 0 radical (unpaired) electrons. The first-order valence-electron chi connectivity index (χ1n) is 8.86. The van der Waals surface area contributed by atoms with Gasteiger partial charge in [0.05, 0.1) is 11.6 Å². The summed E-state index contributed by atoms with van der Waals surface area (Å²) in [7, 11) is 0. The normalized spacial score (nSPS) is 20.9. The van der Waals surface area contributed by atoms with Gasteiger partial charge in [0.1, 0.15) is 0 Å². The Morgan fingerprint density at radius 3 is 1.40 bits per heavy atom. The van der Waals surface area contributed by atoms with Gasteiger partial charge < -0.3 is 5.11 Å². The molecule has 1 N–H and O–H groups in total. The number of hydrogen-bond donors (Lipinski definition) is 1. The van der Waals surface area contributed by atoms with Gasteiger partial charge in [-0.1, -0.05) is 91.0 Å². The Hall–Kier alpha value is -2.42. The van der Waals surface area contributed by atoms with Crippen molar-refractivity contribution >= 4 is 0 Å². The van der Waals surface area contributed by atoms with Crippen LogP contribution in [0.3, 0.4) is 0 Å². The van der Waals surface area contributed by atoms with E-state index < -0.39 is 0 Å². The zero-order valence-corrected chi connectivity index (χ0v) is 14.4. The number of benzene rings is 3. The van der Waals surface area contributed by atoms with Crippen molar-refractivity contribution < 1.29 is 5.11 Å². The second kappa shape index (κ2) is 6.47. The van der Waals surface area contributed by atoms with Crippen LogP contribution in [-0.4, -0.2) is 28.7 Å². The Morgan fingerprint density at radius 1 is 0.760 bits per heavy atom. The zero-order chi connectivity index (χ0) is 17.3. The highest BCUT2D eigenvalue weighted by molar-refractivity contribution is 5.51. The summed E-state index contributed by atoms with van der Waals surface area (Å²) in [5.41, 5.74) is 3.31. The van der Waals surface area contributed by atoms with Gasteiger partial charge in [0.25, 0.3) is 0 Å². The smallest absolute Gasteiger partial charge is 0.0977 e. The Morgan fingerprint density at radius 2 is 1.12 bits per heavy atom. The van der Waals surface area contributed by atoms with E-state index in [9.17, 15) is 5.11 Å². The van der Waals surface area contributed by atoms with Crippen LogP contribution in [0.1, 0.15) is 23.6 Å². The lowest BCUT2D eigenvalue weighted by atomic mass is 9.76. The van der Waals surface area contributed by atoms with Gasteiger partial charge in [0.15, 0.2) is 0 Å². The van der Waals surface area contributed by atoms with E-state index in [4.69, 9.17) is 0 Å². The topological polar surface area (TPSA) is 23.2 Å². The van der Waals surface area contributed by atoms with Crippen LogP contribution < -0.4 is 0 Å². The number of aliphatic hydroxyl groups excluding tert-OH is 1. The predicted molar refractivity (Wildman–Crippen MR) is 101 cm³/mol. The molecule has 1 saturated heterocycles. The van der Waals surface area contributed by atoms with Crippen molar-refractivity contribution in [3.05, 3.63) is 108 Å². The number of aliphatic hydroxyl groups is 1. The summed E-state index contributed by atoms with van der Waals surface area (Å²) in [6.45, 7) is 2.77. The molecule has 3 atom stereocenters. The van der Waals surface area contributed by atoms with E-state index in [-0.39, 0.29) is 17.7 Å². The molecule has 2 nitrogen and oxygen atoms in total. The molecule has 1 aliphatic heterocycles. The van der Waals surface area contributed by atoms with Gasteiger partial charge in [-0.05, 0) is 23.6 Å². The van der Waals surface area contributed by atoms with Gasteiger partial charge in [-0.2, -0.15) is 0 Å². The van der Waals surface area contributed by atoms with Gasteiger partial charge in [0, 0.05) is 12.6 Å². The minimum atomic E-state index is -0.383. The molecule has 3 aromatic carbocycles. The Bertz CT molecular complexity index is 718. The van der Waals surface area contributed by atoms with E-state index in [2.05, 4.69) is 95.9 Å². The van der Waals surface area contributed by atoms with E-state index in [1.165, 1.54) is 16.7 Å². The quantitative estimate of drug-likeness (QED) is 0.564. The lowest BCUT2D eigenvalue weighted by molar-refractivity contribution is 0.157. The number of hydrogen-bond acceptors (Lipinski definition) is 2. The van der Waals surface area contributed by atoms with Gasteiger partial charge in [-0.3, -0.25) is 4.90 Å². The molecule has 1 fully saturated rings. The molecule has 1 heterocycles. The zero-order valence-electron chi connectivity index (χ0n) is 14.4. The molecule has 25 heavy (non-hydrogen) atoms. The summed E-state index contributed by atoms with van der Waals surface area (Å²) in [5, 5.41) is 10.2. The SMILES string of the molecule is C[C@H](O)[C@@H]1CN1C(c1ccccc1)(c1ccccc1)c1ccccc1. The molecule has 0 aliphatic carbocycles. The monoisotopic (exact) mass is 329 g/mol. The summed E-state index contributed by atoms with van der Waals surface area (Å²) < 4.78 is 0. The molecular weight excluding hydrogens is 306 g/mol. The molecule has 0 spiro atoms. The lowest BCUT2D eigenvalue weighted by Gasteiger charge is -2.38. The first kappa shape index (κ1) is 16.1. The first-order chi connectivity index (χ1) is 12.2. The van der Waals surface area contributed by atoms with E-state index in [0.29, 0.717) is 0 Å². The van der Waals surface area contributed by atoms with Crippen LogP contribution in [0.4, 0.5) is 0 Å². The van der Waals surface area contributed by atoms with Crippen molar-refractivity contribution in [3.8, 4) is 0 Å². The molecule has 4 rings (SSSR count). The summed E-state index contributed by atoms with van der Waals surface area (Å²) in [6, 6.07) is 32.0. The van der Waals surface area contributed by atoms with E-state index in [1.807, 2.05) is 6.92 Å². The maximum Gasteiger partial charge on any atom is 0.0977 e. The minimum absolute atomic E-state index is 0.167. The Balaban J connectivity index is 1.99. The number of nitrogens with zero attached hydrogens (tertiary/aromatic N) is 1. The summed E-state index contributed by atoms with van der Waals surface area (Å²) in [4.78, 5) is 2.41. The molecule has 0 saturated carbocycles. The molecule has 2 heteroatoms. The van der Waals surface area contributed by atoms with Crippen molar-refractivity contribution in [1.29, 1.82) is 0 Å². The highest BCUT2D eigenvalue weighted by Gasteiger charge is 2.54. The number of rotatable bonds is 5. The molecule has 3 aromatic rings. The summed E-state index contributed by atoms with van der Waals surface area (Å²) in [5.74, 6) is 0. The van der Waals surface area contributed by atoms with Crippen molar-refractivity contribution in [3.63, 3.8) is 0 Å². The van der Waals surface area contributed by atoms with Crippen LogP contribution in [0.5, 0.6) is 0 Å². The molecule has 0 bridgehead atoms. The van der Waals surface area contributed by atoms with Crippen LogP contribution in [0.2, 0.25) is 0 Å². The van der Waals surface area contributed by atoms with Crippen molar-refractivity contribution in [2.45, 2.75) is 24.6 Å². The van der Waals surface area contributed by atoms with Gasteiger partial charge in [-0.15, -0.1) is 0 Å². The van der Waals surface area contributed by atoms with Crippen molar-refractivity contribution in [1.82, 2.24) is 4.90 Å². The van der Waals surface area contributed by atoms with Gasteiger partial charge in [0.2, 0.25) is 0 Å². The van der Waals surface area contributed by atoms with Gasteiger partial charge >= 0.3 is 0 Å². The third-order valence-corrected chi connectivity index (χ3v) is 5.21. The Kier molecular flexibility index (Phi) is 4.16. The maximum absolute atomic E-state index is 10.2. The summed E-state index contributed by atoms with van der Waals surface area (Å²) >= 11 is 0. The molecule has 1 unspecified atom stereocenters. The largest absolute Gasteiger partial charge is 0.392 e. The average Bonchev–Trinajstić information content (AvgIpc) is 3.47. The molecular formula is C23H23NO. The standard InChI is InChI=1S/C23H23NO/c1-18(25)22-17-24(22)23(19-11-5-2-6-12-19,20-13-7-3-8-14-20)21-15-9-4-10-16-21/h2-16,18,22,25H,17H2,1H3/t18-,22-,24?/m0/s1. The first-order valence-corrected chi connectivity index (χ1v) is 8.86. The van der Waals surface area contributed by atoms with Crippen LogP contribution in [-0.2, 0) is 5.54 Å². The maximum atomic E-state index is 10.2. The fraction of sp³-hybridized carbons (Fsp3) is 0.217. The minimum Gasteiger partial charge on any atom is -0.392 e. The van der Waals surface area contributed by atoms with E-state index in [1.54, 1.807) is 0 Å². The molecule has 1 aliphatic rings. The molecule has 0 aromatic heterocycles. The van der Waals surface area contributed by atoms with Gasteiger partial charge in [-0.25, -0.2) is 0 Å². The lowest BCUT2D eigenvalue weighted by Crippen LogP contribution is -2.40. The molecule has 0 amide bonds. The second-order valence-corrected chi connectivity index (χ2v) is 6.77.